The van der Waals surface area contributed by atoms with Gasteiger partial charge in [0, 0.05) is 17.8 Å². The molecule has 0 amide bonds. The van der Waals surface area contributed by atoms with E-state index >= 15 is 0 Å². The van der Waals surface area contributed by atoms with Crippen LogP contribution in [0.4, 0.5) is 11.6 Å². The van der Waals surface area contributed by atoms with Crippen molar-refractivity contribution in [1.29, 1.82) is 0 Å². The van der Waals surface area contributed by atoms with Crippen LogP contribution in [0.15, 0.2) is 40.8 Å². The van der Waals surface area contributed by atoms with Gasteiger partial charge in [-0.15, -0.1) is 0 Å². The average molecular weight is 257 g/mol. The van der Waals surface area contributed by atoms with Crippen molar-refractivity contribution in [2.75, 3.05) is 4.90 Å². The number of carboxylic acid groups (broad SMARTS) is 1. The van der Waals surface area contributed by atoms with Gasteiger partial charge in [0.1, 0.15) is 0 Å². The topological polar surface area (TPSA) is 53.7 Å². The lowest BCUT2D eigenvalue weighted by Crippen LogP contribution is -2.32. The Morgan fingerprint density at radius 1 is 1.32 bits per heavy atom. The van der Waals surface area contributed by atoms with E-state index in [1.54, 1.807) is 6.07 Å². The number of furan rings is 1. The third-order valence-corrected chi connectivity index (χ3v) is 3.56. The van der Waals surface area contributed by atoms with Crippen LogP contribution in [0, 0.1) is 0 Å². The summed E-state index contributed by atoms with van der Waals surface area (Å²) in [4.78, 5) is 13.0. The number of para-hydroxylation sites is 1. The van der Waals surface area contributed by atoms with Crippen molar-refractivity contribution in [3.05, 3.63) is 47.7 Å². The third kappa shape index (κ3) is 1.99. The summed E-state index contributed by atoms with van der Waals surface area (Å²) in [5, 5.41) is 8.95. The van der Waals surface area contributed by atoms with Crippen LogP contribution in [0.2, 0.25) is 0 Å². The van der Waals surface area contributed by atoms with Crippen LogP contribution in [-0.2, 0) is 6.42 Å². The molecule has 0 aliphatic carbocycles. The second-order valence-electron chi connectivity index (χ2n) is 4.83. The first-order valence-corrected chi connectivity index (χ1v) is 6.37. The average Bonchev–Trinajstić information content (AvgIpc) is 2.88. The van der Waals surface area contributed by atoms with Crippen molar-refractivity contribution >= 4 is 17.5 Å². The van der Waals surface area contributed by atoms with Crippen LogP contribution in [0.3, 0.4) is 0 Å². The molecule has 4 heteroatoms. The summed E-state index contributed by atoms with van der Waals surface area (Å²) in [5.41, 5.74) is 2.38. The highest BCUT2D eigenvalue weighted by Crippen LogP contribution is 2.37. The first-order chi connectivity index (χ1) is 9.16. The fourth-order valence-corrected chi connectivity index (χ4v) is 2.60. The Morgan fingerprint density at radius 2 is 2.11 bits per heavy atom. The number of carboxylic acids is 1. The van der Waals surface area contributed by atoms with Crippen molar-refractivity contribution in [3.63, 3.8) is 0 Å². The van der Waals surface area contributed by atoms with E-state index in [2.05, 4.69) is 17.9 Å². The molecule has 19 heavy (non-hydrogen) atoms. The van der Waals surface area contributed by atoms with Gasteiger partial charge in [0.05, 0.1) is 0 Å². The van der Waals surface area contributed by atoms with Crippen molar-refractivity contribution in [2.24, 2.45) is 0 Å². The molecule has 1 aliphatic rings. The smallest absolute Gasteiger partial charge is 0.371 e. The van der Waals surface area contributed by atoms with Gasteiger partial charge in [0.25, 0.3) is 0 Å². The highest BCUT2D eigenvalue weighted by molar-refractivity contribution is 5.85. The summed E-state index contributed by atoms with van der Waals surface area (Å²) < 4.78 is 5.44. The van der Waals surface area contributed by atoms with Crippen LogP contribution in [0.25, 0.3) is 0 Å². The highest BCUT2D eigenvalue weighted by atomic mass is 16.4. The number of hydrogen-bond acceptors (Lipinski definition) is 3. The van der Waals surface area contributed by atoms with Gasteiger partial charge >= 0.3 is 5.97 Å². The van der Waals surface area contributed by atoms with Crippen molar-refractivity contribution in [3.8, 4) is 0 Å². The maximum Gasteiger partial charge on any atom is 0.371 e. The molecule has 1 aliphatic heterocycles. The van der Waals surface area contributed by atoms with Crippen LogP contribution in [0.5, 0.6) is 0 Å². The molecule has 0 spiro atoms. The Morgan fingerprint density at radius 3 is 2.84 bits per heavy atom. The predicted octanol–water partition coefficient (Wildman–Crippen LogP) is 3.45. The molecule has 2 aromatic rings. The van der Waals surface area contributed by atoms with E-state index in [1.807, 2.05) is 18.2 Å². The summed E-state index contributed by atoms with van der Waals surface area (Å²) in [5.74, 6) is -0.466. The second kappa shape index (κ2) is 4.46. The molecule has 0 saturated carbocycles. The summed E-state index contributed by atoms with van der Waals surface area (Å²) in [6.45, 7) is 2.12. The number of hydrogen-bond donors (Lipinski definition) is 1. The first-order valence-electron chi connectivity index (χ1n) is 6.37. The number of aryl methyl sites for hydroxylation is 1. The standard InChI is InChI=1S/C15H15NO3/c1-10-6-7-11-4-2-3-5-12(11)16(10)14-9-8-13(19-14)15(17)18/h2-5,8-10H,6-7H2,1H3,(H,17,18). The Labute approximate surface area is 111 Å². The molecule has 1 N–H and O–H groups in total. The van der Waals surface area contributed by atoms with Crippen LogP contribution in [0.1, 0.15) is 29.5 Å². The molecule has 1 unspecified atom stereocenters. The second-order valence-corrected chi connectivity index (χ2v) is 4.83. The molecular weight excluding hydrogens is 242 g/mol. The number of nitrogens with zero attached hydrogens (tertiary/aromatic N) is 1. The molecular formula is C15H15NO3. The highest BCUT2D eigenvalue weighted by Gasteiger charge is 2.26. The van der Waals surface area contributed by atoms with Crippen molar-refractivity contribution in [2.45, 2.75) is 25.8 Å². The number of aromatic carboxylic acids is 1. The van der Waals surface area contributed by atoms with E-state index in [0.29, 0.717) is 11.9 Å². The molecule has 0 bridgehead atoms. The fourth-order valence-electron chi connectivity index (χ4n) is 2.60. The van der Waals surface area contributed by atoms with Gasteiger partial charge in [0.2, 0.25) is 11.6 Å². The SMILES string of the molecule is CC1CCc2ccccc2N1c1ccc(C(=O)O)o1. The minimum Gasteiger partial charge on any atom is -0.475 e. The Balaban J connectivity index is 2.05. The quantitative estimate of drug-likeness (QED) is 0.895. The summed E-state index contributed by atoms with van der Waals surface area (Å²) in [6.07, 6.45) is 2.07. The molecule has 3 rings (SSSR count). The van der Waals surface area contributed by atoms with Crippen LogP contribution in [-0.4, -0.2) is 17.1 Å². The largest absolute Gasteiger partial charge is 0.475 e. The van der Waals surface area contributed by atoms with Crippen molar-refractivity contribution < 1.29 is 14.3 Å². The Bertz CT molecular complexity index is 617. The zero-order valence-corrected chi connectivity index (χ0v) is 10.7. The number of anilines is 2. The molecule has 0 radical (unpaired) electrons. The lowest BCUT2D eigenvalue weighted by Gasteiger charge is -2.35. The Hall–Kier alpha value is -2.23. The number of carbonyl (C=O) groups is 1. The lowest BCUT2D eigenvalue weighted by atomic mass is 9.97. The number of benzene rings is 1. The molecule has 0 saturated heterocycles. The maximum atomic E-state index is 10.9. The molecule has 1 aromatic carbocycles. The van der Waals surface area contributed by atoms with E-state index in [0.717, 1.165) is 18.5 Å². The normalized spacial score (nSPS) is 18.2. The summed E-state index contributed by atoms with van der Waals surface area (Å²) in [6, 6.07) is 11.7. The van der Waals surface area contributed by atoms with Gasteiger partial charge in [-0.2, -0.15) is 0 Å². The molecule has 1 atom stereocenters. The van der Waals surface area contributed by atoms with E-state index in [1.165, 1.54) is 11.6 Å². The number of rotatable bonds is 2. The zero-order chi connectivity index (χ0) is 13.4. The molecule has 1 aromatic heterocycles. The van der Waals surface area contributed by atoms with Gasteiger partial charge in [-0.25, -0.2) is 4.79 Å². The summed E-state index contributed by atoms with van der Waals surface area (Å²) in [7, 11) is 0. The molecule has 0 fully saturated rings. The molecule has 4 nitrogen and oxygen atoms in total. The van der Waals surface area contributed by atoms with Gasteiger partial charge < -0.3 is 14.4 Å². The summed E-state index contributed by atoms with van der Waals surface area (Å²) >= 11 is 0. The van der Waals surface area contributed by atoms with Gasteiger partial charge in [-0.05, 0) is 37.5 Å². The predicted molar refractivity (Wildman–Crippen MR) is 72.0 cm³/mol. The van der Waals surface area contributed by atoms with E-state index in [-0.39, 0.29) is 5.76 Å². The van der Waals surface area contributed by atoms with E-state index in [4.69, 9.17) is 9.52 Å². The minimum atomic E-state index is -1.04. The first kappa shape index (κ1) is 11.8. The van der Waals surface area contributed by atoms with E-state index in [9.17, 15) is 4.79 Å². The lowest BCUT2D eigenvalue weighted by molar-refractivity contribution is 0.0663. The maximum absolute atomic E-state index is 10.9. The monoisotopic (exact) mass is 257 g/mol. The van der Waals surface area contributed by atoms with Crippen LogP contribution >= 0.6 is 0 Å². The fraction of sp³-hybridized carbons (Fsp3) is 0.267. The van der Waals surface area contributed by atoms with Gasteiger partial charge in [-0.1, -0.05) is 18.2 Å². The van der Waals surface area contributed by atoms with Gasteiger partial charge in [0.15, 0.2) is 0 Å². The van der Waals surface area contributed by atoms with Gasteiger partial charge in [-0.3, -0.25) is 0 Å². The van der Waals surface area contributed by atoms with Crippen LogP contribution < -0.4 is 4.90 Å². The molecule has 98 valence electrons. The van der Waals surface area contributed by atoms with Crippen molar-refractivity contribution in [1.82, 2.24) is 0 Å². The van der Waals surface area contributed by atoms with E-state index < -0.39 is 5.97 Å². The Kier molecular flexibility index (Phi) is 2.78. The zero-order valence-electron chi connectivity index (χ0n) is 10.7. The minimum absolute atomic E-state index is 0.0229. The third-order valence-electron chi connectivity index (χ3n) is 3.56. The molecule has 2 heterocycles. The number of fused-ring (bicyclic) bond motifs is 1.